The number of aromatic nitrogens is 2. The van der Waals surface area contributed by atoms with Gasteiger partial charge in [0.05, 0.1) is 12.6 Å². The standard InChI is InChI=1S/C9H15N3O/c1-11-5-3-10-9(11)7-12-4-2-8(13)6-12/h3,5,8,13H,2,4,6-7H2,1H3/t8-/m1/s1. The number of imidazole rings is 1. The zero-order chi connectivity index (χ0) is 9.26. The Kier molecular flexibility index (Phi) is 2.33. The van der Waals surface area contributed by atoms with Crippen LogP contribution in [0.2, 0.25) is 0 Å². The summed E-state index contributed by atoms with van der Waals surface area (Å²) in [7, 11) is 1.99. The quantitative estimate of drug-likeness (QED) is 0.697. The van der Waals surface area contributed by atoms with Crippen molar-refractivity contribution in [3.63, 3.8) is 0 Å². The maximum absolute atomic E-state index is 9.33. The van der Waals surface area contributed by atoms with Gasteiger partial charge < -0.3 is 9.67 Å². The minimum absolute atomic E-state index is 0.139. The molecule has 1 aliphatic heterocycles. The third-order valence-corrected chi connectivity index (χ3v) is 2.53. The Labute approximate surface area is 77.8 Å². The molecule has 13 heavy (non-hydrogen) atoms. The van der Waals surface area contributed by atoms with Gasteiger partial charge in [-0.05, 0) is 6.42 Å². The van der Waals surface area contributed by atoms with Crippen LogP contribution in [0.3, 0.4) is 0 Å². The number of aliphatic hydroxyl groups is 1. The van der Waals surface area contributed by atoms with Crippen LogP contribution in [0.25, 0.3) is 0 Å². The van der Waals surface area contributed by atoms with Crippen molar-refractivity contribution in [1.82, 2.24) is 14.5 Å². The van der Waals surface area contributed by atoms with Gasteiger partial charge in [-0.3, -0.25) is 4.90 Å². The van der Waals surface area contributed by atoms with Crippen molar-refractivity contribution >= 4 is 0 Å². The molecular formula is C9H15N3O. The van der Waals surface area contributed by atoms with E-state index in [9.17, 15) is 5.11 Å². The van der Waals surface area contributed by atoms with Gasteiger partial charge in [-0.1, -0.05) is 0 Å². The summed E-state index contributed by atoms with van der Waals surface area (Å²) in [6.45, 7) is 2.61. The van der Waals surface area contributed by atoms with Crippen LogP contribution in [0.4, 0.5) is 0 Å². The zero-order valence-corrected chi connectivity index (χ0v) is 7.85. The monoisotopic (exact) mass is 181 g/mol. The van der Waals surface area contributed by atoms with E-state index in [2.05, 4.69) is 9.88 Å². The lowest BCUT2D eigenvalue weighted by atomic mass is 10.3. The van der Waals surface area contributed by atoms with Gasteiger partial charge in [0, 0.05) is 32.5 Å². The summed E-state index contributed by atoms with van der Waals surface area (Å²) in [6, 6.07) is 0. The average molecular weight is 181 g/mol. The molecule has 1 fully saturated rings. The summed E-state index contributed by atoms with van der Waals surface area (Å²) < 4.78 is 2.02. The Morgan fingerprint density at radius 2 is 2.54 bits per heavy atom. The molecule has 2 rings (SSSR count). The molecule has 4 heteroatoms. The van der Waals surface area contributed by atoms with E-state index in [1.165, 1.54) is 0 Å². The molecule has 1 N–H and O–H groups in total. The van der Waals surface area contributed by atoms with E-state index in [-0.39, 0.29) is 6.10 Å². The molecule has 0 bridgehead atoms. The predicted molar refractivity (Wildman–Crippen MR) is 49.1 cm³/mol. The maximum atomic E-state index is 9.33. The second-order valence-electron chi connectivity index (χ2n) is 3.63. The molecule has 1 aromatic rings. The molecule has 2 heterocycles. The van der Waals surface area contributed by atoms with Crippen LogP contribution in [-0.2, 0) is 13.6 Å². The number of rotatable bonds is 2. The van der Waals surface area contributed by atoms with Crippen molar-refractivity contribution in [2.24, 2.45) is 7.05 Å². The molecular weight excluding hydrogens is 166 g/mol. The Hall–Kier alpha value is -0.870. The second-order valence-corrected chi connectivity index (χ2v) is 3.63. The van der Waals surface area contributed by atoms with Gasteiger partial charge in [-0.2, -0.15) is 0 Å². The van der Waals surface area contributed by atoms with Crippen molar-refractivity contribution < 1.29 is 5.11 Å². The van der Waals surface area contributed by atoms with E-state index in [0.717, 1.165) is 31.9 Å². The smallest absolute Gasteiger partial charge is 0.122 e. The van der Waals surface area contributed by atoms with E-state index in [1.807, 2.05) is 24.0 Å². The molecule has 72 valence electrons. The first kappa shape index (κ1) is 8.72. The van der Waals surface area contributed by atoms with Gasteiger partial charge in [-0.25, -0.2) is 4.98 Å². The molecule has 1 aliphatic rings. The minimum atomic E-state index is -0.139. The molecule has 1 aromatic heterocycles. The fourth-order valence-corrected chi connectivity index (χ4v) is 1.70. The number of nitrogens with zero attached hydrogens (tertiary/aromatic N) is 3. The number of hydrogen-bond donors (Lipinski definition) is 1. The summed E-state index contributed by atoms with van der Waals surface area (Å²) in [4.78, 5) is 6.47. The lowest BCUT2D eigenvalue weighted by molar-refractivity contribution is 0.173. The lowest BCUT2D eigenvalue weighted by Gasteiger charge is -2.13. The molecule has 0 spiro atoms. The molecule has 1 atom stereocenters. The van der Waals surface area contributed by atoms with Gasteiger partial charge in [0.2, 0.25) is 0 Å². The highest BCUT2D eigenvalue weighted by Gasteiger charge is 2.20. The highest BCUT2D eigenvalue weighted by Crippen LogP contribution is 2.11. The van der Waals surface area contributed by atoms with Crippen LogP contribution < -0.4 is 0 Å². The minimum Gasteiger partial charge on any atom is -0.392 e. The van der Waals surface area contributed by atoms with Crippen molar-refractivity contribution in [1.29, 1.82) is 0 Å². The van der Waals surface area contributed by atoms with Crippen molar-refractivity contribution in [3.05, 3.63) is 18.2 Å². The van der Waals surface area contributed by atoms with E-state index >= 15 is 0 Å². The third-order valence-electron chi connectivity index (χ3n) is 2.53. The molecule has 0 unspecified atom stereocenters. The van der Waals surface area contributed by atoms with E-state index < -0.39 is 0 Å². The van der Waals surface area contributed by atoms with Crippen LogP contribution in [-0.4, -0.2) is 38.8 Å². The second kappa shape index (κ2) is 3.47. The van der Waals surface area contributed by atoms with Crippen LogP contribution in [0.5, 0.6) is 0 Å². The number of hydrogen-bond acceptors (Lipinski definition) is 3. The summed E-state index contributed by atoms with van der Waals surface area (Å²) in [5, 5.41) is 9.33. The first-order valence-corrected chi connectivity index (χ1v) is 4.62. The average Bonchev–Trinajstić information content (AvgIpc) is 2.64. The molecule has 0 radical (unpaired) electrons. The highest BCUT2D eigenvalue weighted by atomic mass is 16.3. The zero-order valence-electron chi connectivity index (χ0n) is 7.85. The van der Waals surface area contributed by atoms with Gasteiger partial charge in [0.1, 0.15) is 5.82 Å². The summed E-state index contributed by atoms with van der Waals surface area (Å²) >= 11 is 0. The highest BCUT2D eigenvalue weighted by molar-refractivity contribution is 4.92. The Morgan fingerprint density at radius 1 is 1.69 bits per heavy atom. The topological polar surface area (TPSA) is 41.3 Å². The van der Waals surface area contributed by atoms with Crippen molar-refractivity contribution in [3.8, 4) is 0 Å². The van der Waals surface area contributed by atoms with Crippen molar-refractivity contribution in [2.75, 3.05) is 13.1 Å². The van der Waals surface area contributed by atoms with E-state index in [0.29, 0.717) is 0 Å². The van der Waals surface area contributed by atoms with Gasteiger partial charge in [-0.15, -0.1) is 0 Å². The van der Waals surface area contributed by atoms with Gasteiger partial charge in [0.15, 0.2) is 0 Å². The summed E-state index contributed by atoms with van der Waals surface area (Å²) in [5.41, 5.74) is 0. The number of likely N-dealkylation sites (tertiary alicyclic amines) is 1. The van der Waals surface area contributed by atoms with Gasteiger partial charge >= 0.3 is 0 Å². The molecule has 0 amide bonds. The van der Waals surface area contributed by atoms with E-state index in [1.54, 1.807) is 0 Å². The number of aliphatic hydroxyl groups excluding tert-OH is 1. The predicted octanol–water partition coefficient (Wildman–Crippen LogP) is -0.0133. The Bertz CT molecular complexity index is 284. The first-order valence-electron chi connectivity index (χ1n) is 4.62. The lowest BCUT2D eigenvalue weighted by Crippen LogP contribution is -2.23. The number of aryl methyl sites for hydroxylation is 1. The first-order chi connectivity index (χ1) is 6.25. The Balaban J connectivity index is 1.95. The van der Waals surface area contributed by atoms with Crippen molar-refractivity contribution in [2.45, 2.75) is 19.1 Å². The van der Waals surface area contributed by atoms with Gasteiger partial charge in [0.25, 0.3) is 0 Å². The van der Waals surface area contributed by atoms with Crippen LogP contribution in [0.1, 0.15) is 12.2 Å². The molecule has 1 saturated heterocycles. The maximum Gasteiger partial charge on any atom is 0.122 e. The molecule has 0 aromatic carbocycles. The van der Waals surface area contributed by atoms with Crippen LogP contribution in [0, 0.1) is 0 Å². The molecule has 0 saturated carbocycles. The van der Waals surface area contributed by atoms with Crippen LogP contribution >= 0.6 is 0 Å². The third kappa shape index (κ3) is 1.89. The largest absolute Gasteiger partial charge is 0.392 e. The Morgan fingerprint density at radius 3 is 3.08 bits per heavy atom. The van der Waals surface area contributed by atoms with E-state index in [4.69, 9.17) is 0 Å². The summed E-state index contributed by atoms with van der Waals surface area (Å²) in [6.07, 6.45) is 4.51. The van der Waals surface area contributed by atoms with Crippen LogP contribution in [0.15, 0.2) is 12.4 Å². The summed E-state index contributed by atoms with van der Waals surface area (Å²) in [5.74, 6) is 1.06. The molecule has 0 aliphatic carbocycles. The fourth-order valence-electron chi connectivity index (χ4n) is 1.70. The SMILES string of the molecule is Cn1ccnc1CN1CC[C@@H](O)C1. The fraction of sp³-hybridized carbons (Fsp3) is 0.667. The number of β-amino-alcohol motifs (C(OH)–C–C–N with tert-alkyl or cyclic N) is 1. The molecule has 4 nitrogen and oxygen atoms in total. The normalized spacial score (nSPS) is 24.0.